The standard InChI is InChI=1S/C18H22N2S.C6H11N3.CH3NO.CH2O2/c1-13-6-9-16(18(21)11-13)15(12-19)8-7-14(2)17-5-3-4-10-20-17;1-2-9-6(5-7)3-4-8-9;2*2-1-3/h3-5,8,10,13-14,21H,6-7,9,11H2,1-2H3;3-4H,2,5,7H2,1H3;1H,(H2,2,3);1H,(H,2,3)/b15-8+;;;. The van der Waals surface area contributed by atoms with Crippen molar-refractivity contribution in [1.82, 2.24) is 14.8 Å². The van der Waals surface area contributed by atoms with Gasteiger partial charge in [0.2, 0.25) is 6.41 Å². The Morgan fingerprint density at radius 1 is 1.36 bits per heavy atom. The van der Waals surface area contributed by atoms with E-state index in [9.17, 15) is 5.26 Å². The Kier molecular flexibility index (Phi) is 18.0. The molecule has 2 atom stereocenters. The molecular weight excluding hydrogens is 476 g/mol. The number of aromatic nitrogens is 3. The maximum Gasteiger partial charge on any atom is 0.290 e. The minimum Gasteiger partial charge on any atom is -0.483 e. The minimum absolute atomic E-state index is 0.250. The summed E-state index contributed by atoms with van der Waals surface area (Å²) in [5.74, 6) is 0.995. The summed E-state index contributed by atoms with van der Waals surface area (Å²) < 4.78 is 1.89. The van der Waals surface area contributed by atoms with E-state index >= 15 is 0 Å². The summed E-state index contributed by atoms with van der Waals surface area (Å²) in [5.41, 5.74) is 13.7. The molecule has 9 nitrogen and oxygen atoms in total. The Morgan fingerprint density at radius 2 is 2.03 bits per heavy atom. The number of amides is 1. The highest BCUT2D eigenvalue weighted by atomic mass is 32.1. The Morgan fingerprint density at radius 3 is 2.50 bits per heavy atom. The number of carboxylic acid groups (broad SMARTS) is 1. The molecule has 2 heterocycles. The molecule has 0 aromatic carbocycles. The predicted molar refractivity (Wildman–Crippen MR) is 145 cm³/mol. The molecule has 196 valence electrons. The second-order valence-electron chi connectivity index (χ2n) is 7.98. The van der Waals surface area contributed by atoms with Crippen LogP contribution in [0.25, 0.3) is 0 Å². The maximum absolute atomic E-state index is 9.44. The van der Waals surface area contributed by atoms with Crippen molar-refractivity contribution < 1.29 is 14.7 Å². The van der Waals surface area contributed by atoms with Crippen LogP contribution in [0.4, 0.5) is 0 Å². The van der Waals surface area contributed by atoms with Crippen LogP contribution in [0.3, 0.4) is 0 Å². The van der Waals surface area contributed by atoms with Crippen LogP contribution in [0.1, 0.15) is 63.8 Å². The maximum atomic E-state index is 9.44. The summed E-state index contributed by atoms with van der Waals surface area (Å²) in [5, 5.41) is 20.4. The number of carbonyl (C=O) groups excluding carboxylic acids is 1. The van der Waals surface area contributed by atoms with E-state index in [-0.39, 0.29) is 12.9 Å². The molecule has 5 N–H and O–H groups in total. The van der Waals surface area contributed by atoms with Gasteiger partial charge < -0.3 is 16.6 Å². The van der Waals surface area contributed by atoms with E-state index in [0.717, 1.165) is 59.7 Å². The fourth-order valence-corrected chi connectivity index (χ4v) is 4.06. The van der Waals surface area contributed by atoms with Gasteiger partial charge >= 0.3 is 0 Å². The topological polar surface area (TPSA) is 161 Å². The lowest BCUT2D eigenvalue weighted by Crippen LogP contribution is -2.06. The average Bonchev–Trinajstić information content (AvgIpc) is 3.35. The van der Waals surface area contributed by atoms with Crippen LogP contribution in [0, 0.1) is 17.2 Å². The number of nitrogens with two attached hydrogens (primary N) is 2. The van der Waals surface area contributed by atoms with Crippen molar-refractivity contribution in [3.63, 3.8) is 0 Å². The number of hydrogen-bond acceptors (Lipinski definition) is 7. The number of hydrogen-bond donors (Lipinski definition) is 4. The van der Waals surface area contributed by atoms with Crippen molar-refractivity contribution in [2.45, 2.75) is 65.5 Å². The quantitative estimate of drug-likeness (QED) is 0.255. The van der Waals surface area contributed by atoms with Gasteiger partial charge in [0.15, 0.2) is 0 Å². The molecule has 0 fully saturated rings. The van der Waals surface area contributed by atoms with Gasteiger partial charge in [-0.15, -0.1) is 12.6 Å². The third kappa shape index (κ3) is 12.3. The van der Waals surface area contributed by atoms with Crippen LogP contribution in [-0.2, 0) is 22.7 Å². The van der Waals surface area contributed by atoms with Crippen molar-refractivity contribution >= 4 is 25.5 Å². The van der Waals surface area contributed by atoms with Gasteiger partial charge in [-0.2, -0.15) is 10.4 Å². The lowest BCUT2D eigenvalue weighted by atomic mass is 9.86. The molecule has 2 aromatic heterocycles. The molecule has 0 spiro atoms. The van der Waals surface area contributed by atoms with E-state index in [2.05, 4.69) is 54.4 Å². The Bertz CT molecular complexity index is 974. The highest BCUT2D eigenvalue weighted by molar-refractivity contribution is 7.84. The monoisotopic (exact) mass is 514 g/mol. The zero-order valence-electron chi connectivity index (χ0n) is 21.2. The molecule has 0 radical (unpaired) electrons. The Balaban J connectivity index is 0.000000672. The molecule has 0 saturated heterocycles. The third-order valence-electron chi connectivity index (χ3n) is 5.40. The fraction of sp³-hybridized carbons (Fsp3) is 0.423. The Labute approximate surface area is 219 Å². The van der Waals surface area contributed by atoms with Gasteiger partial charge in [0, 0.05) is 37.1 Å². The fourth-order valence-electron chi connectivity index (χ4n) is 3.52. The van der Waals surface area contributed by atoms with E-state index < -0.39 is 0 Å². The number of aryl methyl sites for hydroxylation is 1. The molecule has 0 bridgehead atoms. The zero-order chi connectivity index (χ0) is 27.3. The first-order chi connectivity index (χ1) is 17.3. The second kappa shape index (κ2) is 19.8. The highest BCUT2D eigenvalue weighted by Gasteiger charge is 2.18. The molecule has 10 heteroatoms. The number of nitrogens with zero attached hydrogens (tertiary/aromatic N) is 4. The average molecular weight is 515 g/mol. The third-order valence-corrected chi connectivity index (χ3v) is 5.86. The molecular formula is C26H38N6O3S. The summed E-state index contributed by atoms with van der Waals surface area (Å²) in [6.07, 6.45) is 9.84. The molecule has 1 aliphatic rings. The van der Waals surface area contributed by atoms with Gasteiger partial charge in [-0.1, -0.05) is 26.0 Å². The predicted octanol–water partition coefficient (Wildman–Crippen LogP) is 4.19. The molecule has 2 aromatic rings. The summed E-state index contributed by atoms with van der Waals surface area (Å²) in [6.45, 7) is 7.66. The van der Waals surface area contributed by atoms with Crippen LogP contribution in [0.15, 0.2) is 58.8 Å². The van der Waals surface area contributed by atoms with Crippen LogP contribution in [0.2, 0.25) is 0 Å². The first-order valence-electron chi connectivity index (χ1n) is 11.7. The van der Waals surface area contributed by atoms with E-state index in [1.54, 1.807) is 6.20 Å². The molecule has 3 rings (SSSR count). The number of nitriles is 1. The highest BCUT2D eigenvalue weighted by Crippen LogP contribution is 2.35. The summed E-state index contributed by atoms with van der Waals surface area (Å²) >= 11 is 4.60. The van der Waals surface area contributed by atoms with Crippen molar-refractivity contribution in [2.75, 3.05) is 0 Å². The van der Waals surface area contributed by atoms with Gasteiger partial charge in [-0.25, -0.2) is 0 Å². The Hall–Kier alpha value is -3.42. The second-order valence-corrected chi connectivity index (χ2v) is 8.52. The SMILES string of the molecule is CC1CCC(/C(C#N)=C/CC(C)c2ccccn2)=C(S)C1.CCn1nccc1CN.NC=O.O=CO. The van der Waals surface area contributed by atoms with Crippen molar-refractivity contribution in [2.24, 2.45) is 17.4 Å². The number of pyridine rings is 1. The largest absolute Gasteiger partial charge is 0.483 e. The minimum atomic E-state index is -0.250. The number of primary amides is 1. The molecule has 1 amide bonds. The van der Waals surface area contributed by atoms with Crippen molar-refractivity contribution in [3.05, 3.63) is 70.2 Å². The van der Waals surface area contributed by atoms with Gasteiger partial charge in [0.25, 0.3) is 6.47 Å². The lowest BCUT2D eigenvalue weighted by Gasteiger charge is -2.22. The van der Waals surface area contributed by atoms with Crippen molar-refractivity contribution in [3.8, 4) is 6.07 Å². The molecule has 36 heavy (non-hydrogen) atoms. The van der Waals surface area contributed by atoms with Crippen molar-refractivity contribution in [1.29, 1.82) is 5.26 Å². The number of carbonyl (C=O) groups is 2. The smallest absolute Gasteiger partial charge is 0.290 e. The van der Waals surface area contributed by atoms with E-state index in [1.807, 2.05) is 42.1 Å². The van der Waals surface area contributed by atoms with Gasteiger partial charge in [0.1, 0.15) is 0 Å². The summed E-state index contributed by atoms with van der Waals surface area (Å²) in [7, 11) is 0. The molecule has 0 aliphatic heterocycles. The zero-order valence-corrected chi connectivity index (χ0v) is 22.1. The number of rotatable bonds is 6. The first-order valence-corrected chi connectivity index (χ1v) is 12.1. The first kappa shape index (κ1) is 32.6. The number of thiol groups is 1. The number of allylic oxidation sites excluding steroid dienone is 4. The van der Waals surface area contributed by atoms with E-state index in [1.165, 1.54) is 0 Å². The van der Waals surface area contributed by atoms with Crippen LogP contribution in [-0.4, -0.2) is 32.8 Å². The van der Waals surface area contributed by atoms with Crippen LogP contribution < -0.4 is 11.5 Å². The van der Waals surface area contributed by atoms with Crippen LogP contribution >= 0.6 is 12.6 Å². The van der Waals surface area contributed by atoms with Gasteiger partial charge in [-0.05, 0) is 67.2 Å². The summed E-state index contributed by atoms with van der Waals surface area (Å²) in [6, 6.07) is 10.3. The van der Waals surface area contributed by atoms with E-state index in [4.69, 9.17) is 20.4 Å². The lowest BCUT2D eigenvalue weighted by molar-refractivity contribution is -0.122. The molecule has 2 unspecified atom stereocenters. The molecule has 0 saturated carbocycles. The normalized spacial score (nSPS) is 15.4. The molecule has 1 aliphatic carbocycles. The van der Waals surface area contributed by atoms with Gasteiger partial charge in [0.05, 0.1) is 17.3 Å². The van der Waals surface area contributed by atoms with Crippen LogP contribution in [0.5, 0.6) is 0 Å². The van der Waals surface area contributed by atoms with E-state index in [0.29, 0.717) is 18.4 Å². The van der Waals surface area contributed by atoms with Gasteiger partial charge in [-0.3, -0.25) is 19.3 Å². The summed E-state index contributed by atoms with van der Waals surface area (Å²) in [4.78, 5) is 22.4.